The van der Waals surface area contributed by atoms with Crippen molar-refractivity contribution < 1.29 is 14.6 Å². The van der Waals surface area contributed by atoms with E-state index in [9.17, 15) is 5.11 Å². The summed E-state index contributed by atoms with van der Waals surface area (Å²) in [5, 5.41) is 16.2. The maximum absolute atomic E-state index is 12.5. The lowest BCUT2D eigenvalue weighted by molar-refractivity contribution is -0.161. The Kier molecular flexibility index (Phi) is 3.66. The molecule has 6 aliphatic carbocycles. The summed E-state index contributed by atoms with van der Waals surface area (Å²) in [6.07, 6.45) is 8.48. The Morgan fingerprint density at radius 1 is 1.17 bits per heavy atom. The monoisotopic (exact) mass is 482 g/mol. The Hall–Kier alpha value is -2.34. The van der Waals surface area contributed by atoms with Gasteiger partial charge in [0.2, 0.25) is 0 Å². The van der Waals surface area contributed by atoms with Gasteiger partial charge in [-0.05, 0) is 61.8 Å². The summed E-state index contributed by atoms with van der Waals surface area (Å²) in [4.78, 5) is 2.84. The molecule has 6 bridgehead atoms. The van der Waals surface area contributed by atoms with Crippen LogP contribution >= 0.6 is 0 Å². The molecule has 10 rings (SSSR count). The molecule has 3 saturated carbocycles. The van der Waals surface area contributed by atoms with Crippen molar-refractivity contribution in [2.45, 2.75) is 61.3 Å². The number of hydrogen-bond donors (Lipinski definition) is 2. The molecule has 0 aromatic heterocycles. The molecule has 6 atom stereocenters. The highest BCUT2D eigenvalue weighted by molar-refractivity contribution is 5.80. The molecule has 186 valence electrons. The van der Waals surface area contributed by atoms with Gasteiger partial charge in [-0.3, -0.25) is 4.90 Å². The molecule has 2 aromatic rings. The number of ether oxygens (including phenoxy) is 2. The first kappa shape index (κ1) is 20.7. The molecule has 36 heavy (non-hydrogen) atoms. The summed E-state index contributed by atoms with van der Waals surface area (Å²) in [5.41, 5.74) is 3.65. The molecule has 5 heteroatoms. The van der Waals surface area contributed by atoms with Crippen LogP contribution in [0.5, 0.6) is 11.5 Å². The van der Waals surface area contributed by atoms with Crippen molar-refractivity contribution in [3.05, 3.63) is 70.8 Å². The zero-order valence-electron chi connectivity index (χ0n) is 20.9. The molecular formula is C31H34N2O3. The number of benzene rings is 2. The summed E-state index contributed by atoms with van der Waals surface area (Å²) < 4.78 is 12.9. The smallest absolute Gasteiger partial charge is 0.177 e. The lowest BCUT2D eigenvalue weighted by Gasteiger charge is -2.65. The van der Waals surface area contributed by atoms with Crippen LogP contribution in [-0.2, 0) is 18.4 Å². The van der Waals surface area contributed by atoms with Gasteiger partial charge in [-0.2, -0.15) is 0 Å². The summed E-state index contributed by atoms with van der Waals surface area (Å²) in [6.45, 7) is 3.98. The van der Waals surface area contributed by atoms with Gasteiger partial charge in [0.05, 0.1) is 12.5 Å². The lowest BCUT2D eigenvalue weighted by atomic mass is 9.42. The standard InChI is InChI=1S/C31H34N2O3/c1-35-23-10-9-21-13-25-28-14-22(17-32-16-19-5-3-2-4-6-19)30(34)24(15-28)31(30)29(28,26(21)27(23)36-31)11-12-33(25)18-20-7-8-20/h2-6,9-10,15,20,22,25,32,34H,7-8,11-14,16-18H2,1H3/t22?,25-,28+,29-,30+,31+/m1/s1. The van der Waals surface area contributed by atoms with Crippen LogP contribution in [0.25, 0.3) is 0 Å². The van der Waals surface area contributed by atoms with Gasteiger partial charge >= 0.3 is 0 Å². The third kappa shape index (κ3) is 2.01. The predicted molar refractivity (Wildman–Crippen MR) is 136 cm³/mol. The van der Waals surface area contributed by atoms with E-state index in [1.165, 1.54) is 41.6 Å². The number of hydrogen-bond acceptors (Lipinski definition) is 5. The number of aliphatic hydroxyl groups is 1. The van der Waals surface area contributed by atoms with Crippen molar-refractivity contribution in [2.75, 3.05) is 26.7 Å². The molecule has 1 unspecified atom stereocenters. The Bertz CT molecular complexity index is 1340. The van der Waals surface area contributed by atoms with Crippen molar-refractivity contribution in [3.8, 4) is 11.5 Å². The van der Waals surface area contributed by atoms with Gasteiger partial charge in [-0.15, -0.1) is 0 Å². The topological polar surface area (TPSA) is 54.0 Å². The average molecular weight is 483 g/mol. The predicted octanol–water partition coefficient (Wildman–Crippen LogP) is 3.59. The first-order valence-corrected chi connectivity index (χ1v) is 13.9. The van der Waals surface area contributed by atoms with E-state index in [-0.39, 0.29) is 16.7 Å². The molecule has 0 radical (unpaired) electrons. The van der Waals surface area contributed by atoms with Crippen LogP contribution in [0, 0.1) is 17.3 Å². The largest absolute Gasteiger partial charge is 0.493 e. The number of nitrogens with one attached hydrogen (secondary N) is 1. The van der Waals surface area contributed by atoms with Gasteiger partial charge < -0.3 is 19.9 Å². The summed E-state index contributed by atoms with van der Waals surface area (Å²) in [5.74, 6) is 2.78. The van der Waals surface area contributed by atoms with Gasteiger partial charge in [0.15, 0.2) is 17.1 Å². The molecule has 3 spiro atoms. The highest BCUT2D eigenvalue weighted by Crippen LogP contribution is 2.89. The van der Waals surface area contributed by atoms with E-state index in [0.29, 0.717) is 6.04 Å². The Morgan fingerprint density at radius 2 is 2.03 bits per heavy atom. The highest BCUT2D eigenvalue weighted by atomic mass is 16.6. The molecule has 5 nitrogen and oxygen atoms in total. The fourth-order valence-electron chi connectivity index (χ4n) is 9.89. The fraction of sp³-hybridized carbons (Fsp3) is 0.548. The fourth-order valence-corrected chi connectivity index (χ4v) is 9.89. The number of fused-ring (bicyclic) bond motifs is 1. The van der Waals surface area contributed by atoms with E-state index in [1.54, 1.807) is 7.11 Å². The Labute approximate surface area is 212 Å². The average Bonchev–Trinajstić information content (AvgIpc) is 3.73. The van der Waals surface area contributed by atoms with Gasteiger partial charge in [0.25, 0.3) is 0 Å². The van der Waals surface area contributed by atoms with Crippen molar-refractivity contribution >= 4 is 0 Å². The third-order valence-corrected chi connectivity index (χ3v) is 11.3. The molecular weight excluding hydrogens is 448 g/mol. The second kappa shape index (κ2) is 6.38. The van der Waals surface area contributed by atoms with Crippen LogP contribution in [0.1, 0.15) is 42.4 Å². The van der Waals surface area contributed by atoms with E-state index >= 15 is 0 Å². The molecule has 2 N–H and O–H groups in total. The van der Waals surface area contributed by atoms with E-state index < -0.39 is 11.2 Å². The van der Waals surface area contributed by atoms with Crippen LogP contribution < -0.4 is 14.8 Å². The van der Waals surface area contributed by atoms with E-state index in [1.807, 2.05) is 0 Å². The molecule has 4 fully saturated rings. The van der Waals surface area contributed by atoms with Gasteiger partial charge in [-0.1, -0.05) is 42.5 Å². The quantitative estimate of drug-likeness (QED) is 0.591. The van der Waals surface area contributed by atoms with E-state index in [2.05, 4.69) is 58.8 Å². The Morgan fingerprint density at radius 3 is 2.83 bits per heavy atom. The van der Waals surface area contributed by atoms with Crippen molar-refractivity contribution in [2.24, 2.45) is 17.3 Å². The molecule has 2 heterocycles. The molecule has 1 saturated heterocycles. The van der Waals surface area contributed by atoms with E-state index in [0.717, 1.165) is 56.3 Å². The van der Waals surface area contributed by atoms with Crippen LogP contribution in [-0.4, -0.2) is 54.0 Å². The highest BCUT2D eigenvalue weighted by Gasteiger charge is 2.98. The van der Waals surface area contributed by atoms with Crippen molar-refractivity contribution in [3.63, 3.8) is 0 Å². The van der Waals surface area contributed by atoms with Crippen LogP contribution in [0.3, 0.4) is 0 Å². The first-order chi connectivity index (χ1) is 17.6. The van der Waals surface area contributed by atoms with Gasteiger partial charge in [-0.25, -0.2) is 0 Å². The van der Waals surface area contributed by atoms with Crippen LogP contribution in [0.4, 0.5) is 0 Å². The second-order valence-electron chi connectivity index (χ2n) is 12.6. The summed E-state index contributed by atoms with van der Waals surface area (Å²) in [6, 6.07) is 15.5. The number of methoxy groups -OCH3 is 1. The van der Waals surface area contributed by atoms with Crippen molar-refractivity contribution in [1.82, 2.24) is 10.2 Å². The number of likely N-dealkylation sites (tertiary alicyclic amines) is 1. The SMILES string of the molecule is COc1ccc2c3c1O[C@]14C5=C[C@@]6(CC(CNCc7ccccc7)[C@]51O)[C@@H](C2)N(CC1CC1)CC[C@]346. The zero-order valence-corrected chi connectivity index (χ0v) is 20.9. The molecule has 0 amide bonds. The molecule has 8 aliphatic rings. The first-order valence-electron chi connectivity index (χ1n) is 13.9. The van der Waals surface area contributed by atoms with Crippen LogP contribution in [0.2, 0.25) is 0 Å². The van der Waals surface area contributed by atoms with E-state index in [4.69, 9.17) is 9.47 Å². The molecule has 2 aliphatic heterocycles. The minimum Gasteiger partial charge on any atom is -0.493 e. The second-order valence-corrected chi connectivity index (χ2v) is 12.6. The van der Waals surface area contributed by atoms with Crippen LogP contribution in [0.15, 0.2) is 54.1 Å². The third-order valence-electron chi connectivity index (χ3n) is 11.3. The number of rotatable bonds is 7. The zero-order chi connectivity index (χ0) is 23.9. The minimum absolute atomic E-state index is 0.0314. The molecule has 2 aromatic carbocycles. The summed E-state index contributed by atoms with van der Waals surface area (Å²) in [7, 11) is 1.74. The Balaban J connectivity index is 1.16. The van der Waals surface area contributed by atoms with Gasteiger partial charge in [0.1, 0.15) is 5.60 Å². The maximum atomic E-state index is 12.5. The maximum Gasteiger partial charge on any atom is 0.177 e. The van der Waals surface area contributed by atoms with Gasteiger partial charge in [0, 0.05) is 48.1 Å². The minimum atomic E-state index is -0.889. The number of nitrogens with zero attached hydrogens (tertiary/aromatic N) is 1. The summed E-state index contributed by atoms with van der Waals surface area (Å²) >= 11 is 0. The lowest BCUT2D eigenvalue weighted by Crippen LogP contribution is -2.74. The van der Waals surface area contributed by atoms with Crippen molar-refractivity contribution in [1.29, 1.82) is 0 Å². The number of piperidine rings is 1. The normalized spacial score (nSPS) is 42.0.